The number of H-pyrrole nitrogens is 1. The van der Waals surface area contributed by atoms with Gasteiger partial charge in [-0.1, -0.05) is 18.2 Å². The van der Waals surface area contributed by atoms with Crippen LogP contribution < -0.4 is 0 Å². The molecule has 1 aromatic heterocycles. The van der Waals surface area contributed by atoms with Gasteiger partial charge >= 0.3 is 0 Å². The summed E-state index contributed by atoms with van der Waals surface area (Å²) in [6.07, 6.45) is 1.57. The van der Waals surface area contributed by atoms with E-state index in [1.807, 2.05) is 24.3 Å². The smallest absolute Gasteiger partial charge is 0.182 e. The quantitative estimate of drug-likeness (QED) is 0.849. The van der Waals surface area contributed by atoms with E-state index < -0.39 is 15.1 Å². The number of nitrogens with one attached hydrogen (secondary N) is 1. The predicted molar refractivity (Wildman–Crippen MR) is 60.6 cm³/mol. The van der Waals surface area contributed by atoms with Gasteiger partial charge < -0.3 is 4.98 Å². The van der Waals surface area contributed by atoms with Gasteiger partial charge in [0, 0.05) is 17.1 Å². The molecule has 1 N–H and O–H groups in total. The van der Waals surface area contributed by atoms with Gasteiger partial charge in [-0.3, -0.25) is 0 Å². The normalized spacial score (nSPS) is 12.5. The Morgan fingerprint density at radius 1 is 1.20 bits per heavy atom. The van der Waals surface area contributed by atoms with E-state index in [9.17, 15) is 8.42 Å². The summed E-state index contributed by atoms with van der Waals surface area (Å²) in [4.78, 5) is 3.37. The lowest BCUT2D eigenvalue weighted by molar-refractivity contribution is 0.588. The SMILES string of the molecule is CC(C)S(=O)(=O)c1c[nH]c2ccccc12. The van der Waals surface area contributed by atoms with Gasteiger partial charge in [0.15, 0.2) is 9.84 Å². The van der Waals surface area contributed by atoms with E-state index in [0.717, 1.165) is 10.9 Å². The number of benzene rings is 1. The van der Waals surface area contributed by atoms with Crippen LogP contribution in [0.25, 0.3) is 10.9 Å². The number of aromatic nitrogens is 1. The van der Waals surface area contributed by atoms with Crippen molar-refractivity contribution in [2.75, 3.05) is 0 Å². The fourth-order valence-electron chi connectivity index (χ4n) is 1.53. The van der Waals surface area contributed by atoms with Gasteiger partial charge in [-0.25, -0.2) is 8.42 Å². The molecule has 0 fully saturated rings. The Bertz CT molecular complexity index is 581. The molecule has 0 bridgehead atoms. The fourth-order valence-corrected chi connectivity index (χ4v) is 2.75. The molecular formula is C11H13NO2S. The second-order valence-electron chi connectivity index (χ2n) is 3.79. The van der Waals surface area contributed by atoms with Crippen molar-refractivity contribution in [2.24, 2.45) is 0 Å². The molecule has 0 radical (unpaired) electrons. The molecule has 80 valence electrons. The van der Waals surface area contributed by atoms with Crippen LogP contribution in [0.4, 0.5) is 0 Å². The molecule has 3 nitrogen and oxygen atoms in total. The van der Waals surface area contributed by atoms with Crippen molar-refractivity contribution in [1.29, 1.82) is 0 Å². The number of hydrogen-bond donors (Lipinski definition) is 1. The average molecular weight is 223 g/mol. The zero-order valence-corrected chi connectivity index (χ0v) is 9.51. The molecule has 0 unspecified atom stereocenters. The van der Waals surface area contributed by atoms with Crippen molar-refractivity contribution in [2.45, 2.75) is 24.0 Å². The van der Waals surface area contributed by atoms with Crippen molar-refractivity contribution < 1.29 is 8.42 Å². The van der Waals surface area contributed by atoms with Gasteiger partial charge in [-0.2, -0.15) is 0 Å². The number of hydrogen-bond acceptors (Lipinski definition) is 2. The van der Waals surface area contributed by atoms with Crippen molar-refractivity contribution in [1.82, 2.24) is 4.98 Å². The van der Waals surface area contributed by atoms with Gasteiger partial charge in [-0.05, 0) is 19.9 Å². The van der Waals surface area contributed by atoms with Crippen LogP contribution in [-0.4, -0.2) is 18.7 Å². The Morgan fingerprint density at radius 3 is 2.53 bits per heavy atom. The molecule has 0 aliphatic carbocycles. The molecule has 15 heavy (non-hydrogen) atoms. The Balaban J connectivity index is 2.74. The van der Waals surface area contributed by atoms with Crippen LogP contribution >= 0.6 is 0 Å². The first-order valence-electron chi connectivity index (χ1n) is 4.83. The number of para-hydroxylation sites is 1. The minimum absolute atomic E-state index is 0.392. The molecule has 2 aromatic rings. The molecule has 4 heteroatoms. The monoisotopic (exact) mass is 223 g/mol. The minimum Gasteiger partial charge on any atom is -0.360 e. The van der Waals surface area contributed by atoms with E-state index in [-0.39, 0.29) is 0 Å². The minimum atomic E-state index is -3.19. The first-order chi connectivity index (χ1) is 7.03. The molecule has 0 saturated carbocycles. The lowest BCUT2D eigenvalue weighted by atomic mass is 10.2. The number of aromatic amines is 1. The third kappa shape index (κ3) is 1.55. The van der Waals surface area contributed by atoms with Crippen LogP contribution in [0.5, 0.6) is 0 Å². The van der Waals surface area contributed by atoms with Gasteiger partial charge in [0.2, 0.25) is 0 Å². The first kappa shape index (κ1) is 10.2. The lowest BCUT2D eigenvalue weighted by Crippen LogP contribution is -2.13. The Morgan fingerprint density at radius 2 is 1.87 bits per heavy atom. The van der Waals surface area contributed by atoms with Crippen molar-refractivity contribution in [3.63, 3.8) is 0 Å². The van der Waals surface area contributed by atoms with E-state index in [1.165, 1.54) is 0 Å². The standard InChI is InChI=1S/C11H13NO2S/c1-8(2)15(13,14)11-7-12-10-6-4-3-5-9(10)11/h3-8,12H,1-2H3. The van der Waals surface area contributed by atoms with Crippen LogP contribution in [0.1, 0.15) is 13.8 Å². The van der Waals surface area contributed by atoms with Gasteiger partial charge in [-0.15, -0.1) is 0 Å². The van der Waals surface area contributed by atoms with Crippen LogP contribution in [0.3, 0.4) is 0 Å². The topological polar surface area (TPSA) is 49.9 Å². The molecule has 1 heterocycles. The zero-order valence-electron chi connectivity index (χ0n) is 8.69. The van der Waals surface area contributed by atoms with Gasteiger partial charge in [0.05, 0.1) is 10.1 Å². The van der Waals surface area contributed by atoms with Gasteiger partial charge in [0.1, 0.15) is 0 Å². The number of sulfone groups is 1. The molecule has 0 aliphatic heterocycles. The Labute approximate surface area is 89.0 Å². The second-order valence-corrected chi connectivity index (χ2v) is 6.26. The Kier molecular flexibility index (Phi) is 2.31. The van der Waals surface area contributed by atoms with Crippen molar-refractivity contribution in [3.8, 4) is 0 Å². The summed E-state index contributed by atoms with van der Waals surface area (Å²) in [6.45, 7) is 3.38. The first-order valence-corrected chi connectivity index (χ1v) is 6.38. The summed E-state index contributed by atoms with van der Waals surface area (Å²) in [6, 6.07) is 7.41. The van der Waals surface area contributed by atoms with Crippen LogP contribution in [0, 0.1) is 0 Å². The third-order valence-corrected chi connectivity index (χ3v) is 4.67. The zero-order chi connectivity index (χ0) is 11.1. The highest BCUT2D eigenvalue weighted by Crippen LogP contribution is 2.25. The van der Waals surface area contributed by atoms with E-state index in [2.05, 4.69) is 4.98 Å². The molecule has 0 spiro atoms. The maximum Gasteiger partial charge on any atom is 0.182 e. The molecular weight excluding hydrogens is 210 g/mol. The highest BCUT2D eigenvalue weighted by atomic mass is 32.2. The highest BCUT2D eigenvalue weighted by molar-refractivity contribution is 7.92. The largest absolute Gasteiger partial charge is 0.360 e. The van der Waals surface area contributed by atoms with E-state index in [1.54, 1.807) is 20.0 Å². The summed E-state index contributed by atoms with van der Waals surface area (Å²) in [7, 11) is -3.19. The van der Waals surface area contributed by atoms with Crippen LogP contribution in [0.2, 0.25) is 0 Å². The van der Waals surface area contributed by atoms with Gasteiger partial charge in [0.25, 0.3) is 0 Å². The number of fused-ring (bicyclic) bond motifs is 1. The number of rotatable bonds is 2. The van der Waals surface area contributed by atoms with Crippen LogP contribution in [0.15, 0.2) is 35.4 Å². The second kappa shape index (κ2) is 3.38. The summed E-state index contributed by atoms with van der Waals surface area (Å²) in [5.41, 5.74) is 0.858. The molecule has 1 aromatic carbocycles. The summed E-state index contributed by atoms with van der Waals surface area (Å²) >= 11 is 0. The lowest BCUT2D eigenvalue weighted by Gasteiger charge is -2.05. The van der Waals surface area contributed by atoms with Crippen molar-refractivity contribution >= 4 is 20.7 Å². The molecule has 0 aliphatic rings. The maximum atomic E-state index is 12.0. The molecule has 0 atom stereocenters. The van der Waals surface area contributed by atoms with Crippen molar-refractivity contribution in [3.05, 3.63) is 30.5 Å². The summed E-state index contributed by atoms with van der Waals surface area (Å²) in [5.74, 6) is 0. The molecule has 0 amide bonds. The average Bonchev–Trinajstić information content (AvgIpc) is 2.61. The fraction of sp³-hybridized carbons (Fsp3) is 0.273. The molecule has 2 rings (SSSR count). The highest BCUT2D eigenvalue weighted by Gasteiger charge is 2.22. The summed E-state index contributed by atoms with van der Waals surface area (Å²) in [5, 5.41) is 0.378. The van der Waals surface area contributed by atoms with Crippen LogP contribution in [-0.2, 0) is 9.84 Å². The molecule has 0 saturated heterocycles. The summed E-state index contributed by atoms with van der Waals surface area (Å²) < 4.78 is 24.0. The maximum absolute atomic E-state index is 12.0. The Hall–Kier alpha value is -1.29. The van der Waals surface area contributed by atoms with E-state index in [4.69, 9.17) is 0 Å². The van der Waals surface area contributed by atoms with E-state index >= 15 is 0 Å². The van der Waals surface area contributed by atoms with E-state index in [0.29, 0.717) is 4.90 Å². The third-order valence-electron chi connectivity index (χ3n) is 2.48. The predicted octanol–water partition coefficient (Wildman–Crippen LogP) is 2.35.